The van der Waals surface area contributed by atoms with Crippen molar-refractivity contribution >= 4 is 54.1 Å². The van der Waals surface area contributed by atoms with E-state index >= 15 is 0 Å². The van der Waals surface area contributed by atoms with E-state index in [9.17, 15) is 0 Å². The first kappa shape index (κ1) is 38.5. The van der Waals surface area contributed by atoms with Crippen molar-refractivity contribution in [2.45, 2.75) is 0 Å². The summed E-state index contributed by atoms with van der Waals surface area (Å²) in [7, 11) is 0. The summed E-state index contributed by atoms with van der Waals surface area (Å²) in [5.41, 5.74) is 13.4. The SMILES string of the molecule is c1ccc(-c2ccc(-c3nc(-c4ccccc4)nc(-c4ccc5c(c4)c4ccccc4c4cccc(-c6ccc7c8ccccc8n(-c8ccc(-c9ccccc9)cc8)c7c6)c45)n3)cc2)cc1. The topological polar surface area (TPSA) is 43.6 Å². The van der Waals surface area contributed by atoms with Crippen LogP contribution in [-0.4, -0.2) is 19.5 Å². The van der Waals surface area contributed by atoms with Crippen molar-refractivity contribution in [2.75, 3.05) is 0 Å². The third kappa shape index (κ3) is 6.65. The lowest BCUT2D eigenvalue weighted by molar-refractivity contribution is 1.07. The molecule has 0 amide bonds. The fourth-order valence-electron chi connectivity index (χ4n) is 10.0. The van der Waals surface area contributed by atoms with Gasteiger partial charge >= 0.3 is 0 Å². The molecule has 4 nitrogen and oxygen atoms in total. The lowest BCUT2D eigenvalue weighted by Gasteiger charge is -2.16. The van der Waals surface area contributed by atoms with Crippen molar-refractivity contribution in [3.63, 3.8) is 0 Å². The van der Waals surface area contributed by atoms with Crippen molar-refractivity contribution in [1.82, 2.24) is 19.5 Å². The molecular weight excluding hydrogens is 813 g/mol. The average Bonchev–Trinajstić information content (AvgIpc) is 3.75. The molecule has 0 radical (unpaired) electrons. The van der Waals surface area contributed by atoms with Gasteiger partial charge in [-0.05, 0) is 96.0 Å². The van der Waals surface area contributed by atoms with Crippen LogP contribution in [0.5, 0.6) is 0 Å². The number of rotatable bonds is 7. The van der Waals surface area contributed by atoms with E-state index in [4.69, 9.17) is 15.0 Å². The molecule has 0 saturated carbocycles. The number of fused-ring (bicyclic) bond motifs is 9. The molecule has 0 saturated heterocycles. The maximum absolute atomic E-state index is 5.19. The van der Waals surface area contributed by atoms with Crippen LogP contribution in [0, 0.1) is 0 Å². The highest BCUT2D eigenvalue weighted by atomic mass is 15.0. The van der Waals surface area contributed by atoms with Gasteiger partial charge in [0.15, 0.2) is 17.5 Å². The lowest BCUT2D eigenvalue weighted by Crippen LogP contribution is -2.00. The van der Waals surface area contributed by atoms with E-state index < -0.39 is 0 Å². The molecule has 312 valence electrons. The van der Waals surface area contributed by atoms with Crippen molar-refractivity contribution in [3.05, 3.63) is 243 Å². The molecule has 0 aliphatic rings. The van der Waals surface area contributed by atoms with Crippen LogP contribution in [0.15, 0.2) is 243 Å². The van der Waals surface area contributed by atoms with Crippen molar-refractivity contribution in [1.29, 1.82) is 0 Å². The minimum Gasteiger partial charge on any atom is -0.309 e. The van der Waals surface area contributed by atoms with Crippen LogP contribution < -0.4 is 0 Å². The van der Waals surface area contributed by atoms with Crippen LogP contribution in [0.4, 0.5) is 0 Å². The van der Waals surface area contributed by atoms with Gasteiger partial charge in [0.05, 0.1) is 11.0 Å². The molecule has 0 bridgehead atoms. The summed E-state index contributed by atoms with van der Waals surface area (Å²) < 4.78 is 2.41. The minimum absolute atomic E-state index is 0.630. The normalized spacial score (nSPS) is 11.6. The Morgan fingerprint density at radius 1 is 0.239 bits per heavy atom. The van der Waals surface area contributed by atoms with Crippen LogP contribution in [0.3, 0.4) is 0 Å². The Labute approximate surface area is 387 Å². The van der Waals surface area contributed by atoms with E-state index in [0.29, 0.717) is 17.5 Å². The smallest absolute Gasteiger partial charge is 0.164 e. The summed E-state index contributed by atoms with van der Waals surface area (Å²) in [5.74, 6) is 1.90. The molecule has 13 rings (SSSR count). The minimum atomic E-state index is 0.630. The first-order valence-electron chi connectivity index (χ1n) is 22.8. The molecule has 2 heterocycles. The molecular formula is C63H40N4. The van der Waals surface area contributed by atoms with Crippen molar-refractivity contribution in [2.24, 2.45) is 0 Å². The quantitative estimate of drug-likeness (QED) is 0.150. The predicted molar refractivity (Wildman–Crippen MR) is 279 cm³/mol. The number of hydrogen-bond acceptors (Lipinski definition) is 3. The summed E-state index contributed by atoms with van der Waals surface area (Å²) >= 11 is 0. The molecule has 0 unspecified atom stereocenters. The van der Waals surface area contributed by atoms with Crippen molar-refractivity contribution in [3.8, 4) is 73.2 Å². The van der Waals surface area contributed by atoms with E-state index in [1.165, 1.54) is 71.0 Å². The molecule has 11 aromatic carbocycles. The lowest BCUT2D eigenvalue weighted by atomic mass is 9.88. The number of para-hydroxylation sites is 1. The van der Waals surface area contributed by atoms with Gasteiger partial charge in [-0.15, -0.1) is 0 Å². The van der Waals surface area contributed by atoms with Gasteiger partial charge in [0.2, 0.25) is 0 Å². The molecule has 0 N–H and O–H groups in total. The predicted octanol–water partition coefficient (Wildman–Crippen LogP) is 16.4. The van der Waals surface area contributed by atoms with E-state index in [1.54, 1.807) is 0 Å². The molecule has 13 aromatic rings. The van der Waals surface area contributed by atoms with Crippen LogP contribution in [0.1, 0.15) is 0 Å². The van der Waals surface area contributed by atoms with E-state index in [2.05, 4.69) is 223 Å². The second kappa shape index (κ2) is 15.9. The van der Waals surface area contributed by atoms with Crippen LogP contribution in [-0.2, 0) is 0 Å². The first-order chi connectivity index (χ1) is 33.2. The Balaban J connectivity index is 0.982. The molecule has 0 atom stereocenters. The highest BCUT2D eigenvalue weighted by Crippen LogP contribution is 2.43. The molecule has 0 spiro atoms. The standard InChI is InChI=1S/C63H40N4/c1-4-15-41(16-5-1)43-27-29-46(30-28-43)62-64-61(45-19-8-3-9-20-45)65-63(66-62)48-34-38-56-57(39-48)52-22-11-10-21-51(52)55-25-14-24-50(60(55)56)47-33-37-54-53-23-12-13-26-58(53)67(59(54)40-47)49-35-31-44(32-36-49)42-17-6-2-7-18-42/h1-40H. The van der Waals surface area contributed by atoms with Crippen LogP contribution >= 0.6 is 0 Å². The fraction of sp³-hybridized carbons (Fsp3) is 0. The average molecular weight is 853 g/mol. The fourth-order valence-corrected chi connectivity index (χ4v) is 10.0. The third-order valence-electron chi connectivity index (χ3n) is 13.3. The largest absolute Gasteiger partial charge is 0.309 e. The molecule has 4 heteroatoms. The summed E-state index contributed by atoms with van der Waals surface area (Å²) in [6.45, 7) is 0. The second-order valence-electron chi connectivity index (χ2n) is 17.1. The van der Waals surface area contributed by atoms with Gasteiger partial charge in [-0.2, -0.15) is 0 Å². The molecule has 67 heavy (non-hydrogen) atoms. The Bertz CT molecular complexity index is 3990. The maximum Gasteiger partial charge on any atom is 0.164 e. The van der Waals surface area contributed by atoms with Gasteiger partial charge in [-0.1, -0.05) is 212 Å². The first-order valence-corrected chi connectivity index (χ1v) is 22.8. The van der Waals surface area contributed by atoms with E-state index in [1.807, 2.05) is 24.3 Å². The van der Waals surface area contributed by atoms with Gasteiger partial charge in [-0.3, -0.25) is 0 Å². The Morgan fingerprint density at radius 2 is 0.657 bits per heavy atom. The summed E-state index contributed by atoms with van der Waals surface area (Å²) in [4.78, 5) is 15.4. The highest BCUT2D eigenvalue weighted by Gasteiger charge is 2.19. The Hall–Kier alpha value is -8.99. The van der Waals surface area contributed by atoms with Gasteiger partial charge in [0.25, 0.3) is 0 Å². The van der Waals surface area contributed by atoms with Gasteiger partial charge < -0.3 is 4.57 Å². The summed E-state index contributed by atoms with van der Waals surface area (Å²) in [6.07, 6.45) is 0. The number of hydrogen-bond donors (Lipinski definition) is 0. The van der Waals surface area contributed by atoms with Crippen molar-refractivity contribution < 1.29 is 0 Å². The zero-order valence-corrected chi connectivity index (χ0v) is 36.4. The second-order valence-corrected chi connectivity index (χ2v) is 17.1. The van der Waals surface area contributed by atoms with E-state index in [0.717, 1.165) is 38.9 Å². The molecule has 2 aromatic heterocycles. The summed E-state index contributed by atoms with van der Waals surface area (Å²) in [6, 6.07) is 86.6. The van der Waals surface area contributed by atoms with Gasteiger partial charge in [0, 0.05) is 33.2 Å². The highest BCUT2D eigenvalue weighted by molar-refractivity contribution is 6.29. The Morgan fingerprint density at radius 3 is 1.31 bits per heavy atom. The van der Waals surface area contributed by atoms with Crippen LogP contribution in [0.25, 0.3) is 127 Å². The zero-order valence-electron chi connectivity index (χ0n) is 36.4. The zero-order chi connectivity index (χ0) is 44.3. The monoisotopic (exact) mass is 852 g/mol. The molecule has 0 fully saturated rings. The van der Waals surface area contributed by atoms with Gasteiger partial charge in [0.1, 0.15) is 0 Å². The molecule has 0 aliphatic heterocycles. The molecule has 0 aliphatic carbocycles. The van der Waals surface area contributed by atoms with E-state index in [-0.39, 0.29) is 0 Å². The number of aromatic nitrogens is 4. The third-order valence-corrected chi connectivity index (χ3v) is 13.3. The van der Waals surface area contributed by atoms with Crippen LogP contribution in [0.2, 0.25) is 0 Å². The Kier molecular flexibility index (Phi) is 9.14. The number of benzene rings is 11. The summed E-state index contributed by atoms with van der Waals surface area (Å²) in [5, 5.41) is 9.63. The van der Waals surface area contributed by atoms with Gasteiger partial charge in [-0.25, -0.2) is 15.0 Å². The maximum atomic E-state index is 5.19. The number of nitrogens with zero attached hydrogens (tertiary/aromatic N) is 4.